The number of amides is 1. The Morgan fingerprint density at radius 2 is 2.27 bits per heavy atom. The van der Waals surface area contributed by atoms with E-state index in [2.05, 4.69) is 23.2 Å². The van der Waals surface area contributed by atoms with Crippen LogP contribution in [-0.2, 0) is 17.0 Å². The largest absolute Gasteiger partial charge is 0.338 e. The van der Waals surface area contributed by atoms with E-state index in [9.17, 15) is 9.59 Å². The quantitative estimate of drug-likeness (QED) is 0.677. The summed E-state index contributed by atoms with van der Waals surface area (Å²) in [5.41, 5.74) is 3.27. The topological polar surface area (TPSA) is 54.7 Å². The molecule has 1 aromatic carbocycles. The van der Waals surface area contributed by atoms with E-state index < -0.39 is 0 Å². The lowest BCUT2D eigenvalue weighted by atomic mass is 10.1. The SMILES string of the molecule is CN(C(=O)CSCc1cc(=O)n2ccsc2n1)C1CCc2ccccc21. The highest BCUT2D eigenvalue weighted by atomic mass is 32.2. The smallest absolute Gasteiger partial charge is 0.258 e. The van der Waals surface area contributed by atoms with Gasteiger partial charge >= 0.3 is 0 Å². The van der Waals surface area contributed by atoms with Crippen molar-refractivity contribution >= 4 is 34.0 Å². The van der Waals surface area contributed by atoms with E-state index in [0.717, 1.165) is 18.5 Å². The Labute approximate surface area is 159 Å². The second kappa shape index (κ2) is 7.25. The van der Waals surface area contributed by atoms with Gasteiger partial charge in [0.25, 0.3) is 5.56 Å². The number of carbonyl (C=O) groups excluding carboxylic acids is 1. The molecule has 134 valence electrons. The Morgan fingerprint density at radius 3 is 3.15 bits per heavy atom. The van der Waals surface area contributed by atoms with Crippen molar-refractivity contribution in [2.24, 2.45) is 0 Å². The van der Waals surface area contributed by atoms with Crippen molar-refractivity contribution in [1.29, 1.82) is 0 Å². The van der Waals surface area contributed by atoms with Gasteiger partial charge in [0.1, 0.15) is 0 Å². The summed E-state index contributed by atoms with van der Waals surface area (Å²) in [6.45, 7) is 0. The molecule has 0 saturated carbocycles. The van der Waals surface area contributed by atoms with Gasteiger partial charge in [0, 0.05) is 30.4 Å². The van der Waals surface area contributed by atoms with Gasteiger partial charge in [-0.05, 0) is 24.0 Å². The van der Waals surface area contributed by atoms with Crippen molar-refractivity contribution < 1.29 is 4.79 Å². The molecule has 3 aromatic rings. The summed E-state index contributed by atoms with van der Waals surface area (Å²) >= 11 is 2.94. The van der Waals surface area contributed by atoms with Crippen LogP contribution >= 0.6 is 23.1 Å². The van der Waals surface area contributed by atoms with E-state index in [1.54, 1.807) is 12.3 Å². The summed E-state index contributed by atoms with van der Waals surface area (Å²) in [6, 6.07) is 10.1. The number of aryl methyl sites for hydroxylation is 1. The highest BCUT2D eigenvalue weighted by molar-refractivity contribution is 7.99. The summed E-state index contributed by atoms with van der Waals surface area (Å²) in [4.78, 5) is 31.6. The molecule has 7 heteroatoms. The van der Waals surface area contributed by atoms with Gasteiger partial charge in [0.05, 0.1) is 17.5 Å². The number of carbonyl (C=O) groups is 1. The highest BCUT2D eigenvalue weighted by Gasteiger charge is 2.28. The minimum absolute atomic E-state index is 0.0714. The zero-order valence-electron chi connectivity index (χ0n) is 14.4. The number of fused-ring (bicyclic) bond motifs is 2. The fourth-order valence-corrected chi connectivity index (χ4v) is 4.99. The third-order valence-electron chi connectivity index (χ3n) is 4.79. The van der Waals surface area contributed by atoms with E-state index >= 15 is 0 Å². The van der Waals surface area contributed by atoms with Gasteiger partial charge in [-0.2, -0.15) is 0 Å². The summed E-state index contributed by atoms with van der Waals surface area (Å²) in [6.07, 6.45) is 3.74. The maximum Gasteiger partial charge on any atom is 0.258 e. The number of thiazole rings is 1. The number of rotatable bonds is 5. The van der Waals surface area contributed by atoms with E-state index in [0.29, 0.717) is 16.5 Å². The molecule has 0 bridgehead atoms. The van der Waals surface area contributed by atoms with E-state index in [1.165, 1.54) is 38.6 Å². The molecule has 0 fully saturated rings. The molecule has 1 amide bonds. The molecule has 0 radical (unpaired) electrons. The van der Waals surface area contributed by atoms with Crippen molar-refractivity contribution in [3.05, 3.63) is 69.1 Å². The van der Waals surface area contributed by atoms with Crippen LogP contribution in [0.3, 0.4) is 0 Å². The Bertz CT molecular complexity index is 1010. The maximum atomic E-state index is 12.6. The Hall–Kier alpha value is -2.12. The Kier molecular flexibility index (Phi) is 4.82. The van der Waals surface area contributed by atoms with Crippen molar-refractivity contribution in [3.63, 3.8) is 0 Å². The van der Waals surface area contributed by atoms with Crippen molar-refractivity contribution in [1.82, 2.24) is 14.3 Å². The molecule has 1 aliphatic rings. The molecule has 1 unspecified atom stereocenters. The monoisotopic (exact) mass is 385 g/mol. The summed E-state index contributed by atoms with van der Waals surface area (Å²) in [7, 11) is 1.89. The van der Waals surface area contributed by atoms with Crippen LogP contribution in [0.4, 0.5) is 0 Å². The molecule has 0 spiro atoms. The van der Waals surface area contributed by atoms with Crippen molar-refractivity contribution in [2.45, 2.75) is 24.6 Å². The van der Waals surface area contributed by atoms with Crippen LogP contribution < -0.4 is 5.56 Å². The van der Waals surface area contributed by atoms with Crippen LogP contribution in [0.15, 0.2) is 46.7 Å². The number of hydrogen-bond donors (Lipinski definition) is 0. The lowest BCUT2D eigenvalue weighted by Gasteiger charge is -2.25. The first-order valence-corrected chi connectivity index (χ1v) is 10.5. The normalized spacial score (nSPS) is 16.0. The van der Waals surface area contributed by atoms with Crippen LogP contribution in [0.25, 0.3) is 4.96 Å². The number of thioether (sulfide) groups is 1. The van der Waals surface area contributed by atoms with Crippen LogP contribution in [-0.4, -0.2) is 33.0 Å². The predicted octanol–water partition coefficient (Wildman–Crippen LogP) is 3.14. The van der Waals surface area contributed by atoms with Crippen molar-refractivity contribution in [3.8, 4) is 0 Å². The molecule has 4 rings (SSSR count). The fourth-order valence-electron chi connectivity index (χ4n) is 3.42. The second-order valence-electron chi connectivity index (χ2n) is 6.39. The first kappa shape index (κ1) is 17.3. The van der Waals surface area contributed by atoms with Gasteiger partial charge in [-0.15, -0.1) is 23.1 Å². The molecule has 0 aliphatic heterocycles. The van der Waals surface area contributed by atoms with Crippen LogP contribution in [0.2, 0.25) is 0 Å². The fraction of sp³-hybridized carbons (Fsp3) is 0.316. The third-order valence-corrected chi connectivity index (χ3v) is 6.50. The predicted molar refractivity (Wildman–Crippen MR) is 106 cm³/mol. The summed E-state index contributed by atoms with van der Waals surface area (Å²) in [5.74, 6) is 1.07. The van der Waals surface area contributed by atoms with Gasteiger partial charge in [0.2, 0.25) is 5.91 Å². The average molecular weight is 386 g/mol. The Morgan fingerprint density at radius 1 is 1.42 bits per heavy atom. The molecule has 1 aliphatic carbocycles. The summed E-state index contributed by atoms with van der Waals surface area (Å²) < 4.78 is 1.54. The first-order chi connectivity index (χ1) is 12.6. The lowest BCUT2D eigenvalue weighted by molar-refractivity contribution is -0.129. The van der Waals surface area contributed by atoms with Crippen LogP contribution in [0.5, 0.6) is 0 Å². The minimum atomic E-state index is -0.0714. The maximum absolute atomic E-state index is 12.6. The van der Waals surface area contributed by atoms with Gasteiger partial charge in [0.15, 0.2) is 4.96 Å². The number of hydrogen-bond acceptors (Lipinski definition) is 5. The molecule has 0 N–H and O–H groups in total. The third kappa shape index (κ3) is 3.29. The number of aromatic nitrogens is 2. The van der Waals surface area contributed by atoms with E-state index in [4.69, 9.17) is 0 Å². The number of benzene rings is 1. The molecule has 26 heavy (non-hydrogen) atoms. The average Bonchev–Trinajstić information content (AvgIpc) is 3.28. The highest BCUT2D eigenvalue weighted by Crippen LogP contribution is 2.35. The second-order valence-corrected chi connectivity index (χ2v) is 8.25. The molecule has 0 saturated heterocycles. The molecule has 5 nitrogen and oxygen atoms in total. The van der Waals surface area contributed by atoms with Crippen molar-refractivity contribution in [2.75, 3.05) is 12.8 Å². The van der Waals surface area contributed by atoms with Gasteiger partial charge in [-0.1, -0.05) is 24.3 Å². The number of nitrogens with zero attached hydrogens (tertiary/aromatic N) is 3. The summed E-state index contributed by atoms with van der Waals surface area (Å²) in [5, 5.41) is 1.85. The molecular weight excluding hydrogens is 366 g/mol. The van der Waals surface area contributed by atoms with Gasteiger partial charge in [-0.25, -0.2) is 4.98 Å². The molecule has 2 aromatic heterocycles. The van der Waals surface area contributed by atoms with E-state index in [-0.39, 0.29) is 17.5 Å². The van der Waals surface area contributed by atoms with Gasteiger partial charge in [-0.3, -0.25) is 14.0 Å². The molecule has 1 atom stereocenters. The Balaban J connectivity index is 1.37. The van der Waals surface area contributed by atoms with Crippen LogP contribution in [0, 0.1) is 0 Å². The molecular formula is C19H19N3O2S2. The van der Waals surface area contributed by atoms with Crippen LogP contribution in [0.1, 0.15) is 29.3 Å². The van der Waals surface area contributed by atoms with E-state index in [1.807, 2.05) is 23.4 Å². The minimum Gasteiger partial charge on any atom is -0.338 e. The first-order valence-electron chi connectivity index (χ1n) is 8.50. The lowest BCUT2D eigenvalue weighted by Crippen LogP contribution is -2.31. The van der Waals surface area contributed by atoms with Gasteiger partial charge < -0.3 is 4.90 Å². The zero-order valence-corrected chi connectivity index (χ0v) is 16.1. The molecule has 2 heterocycles. The standard InChI is InChI=1S/C19H19N3O2S2/c1-21(16-7-6-13-4-2-3-5-15(13)16)18(24)12-25-11-14-10-17(23)22-8-9-26-19(22)20-14/h2-5,8-10,16H,6-7,11-12H2,1H3. The zero-order chi connectivity index (χ0) is 18.1.